The maximum Gasteiger partial charge on any atom is 0.228 e. The molecule has 0 atom stereocenters. The Hall–Kier alpha value is -1.76. The molecule has 0 bridgehead atoms. The van der Waals surface area contributed by atoms with Crippen molar-refractivity contribution in [3.63, 3.8) is 0 Å². The van der Waals surface area contributed by atoms with Crippen LogP contribution < -0.4 is 0 Å². The Morgan fingerprint density at radius 2 is 2.00 bits per heavy atom. The topological polar surface area (TPSA) is 33.2 Å². The van der Waals surface area contributed by atoms with Gasteiger partial charge < -0.3 is 4.90 Å². The summed E-state index contributed by atoms with van der Waals surface area (Å²) in [6, 6.07) is 10.2. The number of thiophene rings is 1. The predicted octanol–water partition coefficient (Wildman–Crippen LogP) is 4.79. The molecule has 3 nitrogen and oxygen atoms in total. The first kappa shape index (κ1) is 18.0. The fourth-order valence-corrected chi connectivity index (χ4v) is 4.31. The average molecular weight is 395 g/mol. The van der Waals surface area contributed by atoms with E-state index in [4.69, 9.17) is 11.6 Å². The largest absolute Gasteiger partial charge is 0.340 e. The van der Waals surface area contributed by atoms with Gasteiger partial charge in [-0.15, -0.1) is 22.7 Å². The molecule has 0 fully saturated rings. The standard InChI is InChI=1S/C18H16ClFN2OS2/c1-22(10-15-6-7-16(19)25-15)18(23)9-14-11-24-17(21-14)8-12-2-4-13(20)5-3-12/h2-7,11H,8-10H2,1H3. The molecule has 3 rings (SSSR count). The van der Waals surface area contributed by atoms with Crippen LogP contribution in [0.4, 0.5) is 4.39 Å². The Bertz CT molecular complexity index is 860. The number of thiazole rings is 1. The van der Waals surface area contributed by atoms with Crippen LogP contribution in [-0.4, -0.2) is 22.8 Å². The second kappa shape index (κ2) is 8.08. The third-order valence-electron chi connectivity index (χ3n) is 3.65. The second-order valence-electron chi connectivity index (χ2n) is 5.67. The summed E-state index contributed by atoms with van der Waals surface area (Å²) in [6.45, 7) is 0.544. The molecule has 0 aliphatic carbocycles. The molecule has 0 aliphatic heterocycles. The summed E-state index contributed by atoms with van der Waals surface area (Å²) in [5.41, 5.74) is 1.77. The number of carbonyl (C=O) groups is 1. The molecule has 1 aromatic carbocycles. The molecule has 130 valence electrons. The lowest BCUT2D eigenvalue weighted by molar-refractivity contribution is -0.129. The highest BCUT2D eigenvalue weighted by atomic mass is 35.5. The van der Waals surface area contributed by atoms with Gasteiger partial charge in [-0.25, -0.2) is 9.37 Å². The highest BCUT2D eigenvalue weighted by Crippen LogP contribution is 2.22. The SMILES string of the molecule is CN(Cc1ccc(Cl)s1)C(=O)Cc1csc(Cc2ccc(F)cc2)n1. The van der Waals surface area contributed by atoms with E-state index in [1.807, 2.05) is 17.5 Å². The van der Waals surface area contributed by atoms with Gasteiger partial charge in [0.15, 0.2) is 0 Å². The van der Waals surface area contributed by atoms with E-state index in [9.17, 15) is 9.18 Å². The van der Waals surface area contributed by atoms with Gasteiger partial charge in [-0.1, -0.05) is 23.7 Å². The van der Waals surface area contributed by atoms with E-state index in [1.165, 1.54) is 34.8 Å². The quantitative estimate of drug-likeness (QED) is 0.602. The molecule has 0 saturated carbocycles. The predicted molar refractivity (Wildman–Crippen MR) is 101 cm³/mol. The Morgan fingerprint density at radius 1 is 1.24 bits per heavy atom. The van der Waals surface area contributed by atoms with Crippen LogP contribution in [0, 0.1) is 5.82 Å². The monoisotopic (exact) mass is 394 g/mol. The van der Waals surface area contributed by atoms with Crippen LogP contribution in [0.2, 0.25) is 4.34 Å². The molecule has 2 aromatic heterocycles. The first-order valence-corrected chi connectivity index (χ1v) is 9.73. The summed E-state index contributed by atoms with van der Waals surface area (Å²) in [5.74, 6) is -0.229. The van der Waals surface area contributed by atoms with Crippen LogP contribution in [0.25, 0.3) is 0 Å². The summed E-state index contributed by atoms with van der Waals surface area (Å²) in [4.78, 5) is 19.6. The van der Waals surface area contributed by atoms with E-state index >= 15 is 0 Å². The molecule has 25 heavy (non-hydrogen) atoms. The van der Waals surface area contributed by atoms with Crippen LogP contribution in [0.15, 0.2) is 41.8 Å². The van der Waals surface area contributed by atoms with E-state index in [0.29, 0.717) is 13.0 Å². The third kappa shape index (κ3) is 5.11. The summed E-state index contributed by atoms with van der Waals surface area (Å²) in [5, 5.41) is 2.83. The lowest BCUT2D eigenvalue weighted by atomic mass is 10.1. The highest BCUT2D eigenvalue weighted by molar-refractivity contribution is 7.16. The van der Waals surface area contributed by atoms with Gasteiger partial charge in [0, 0.05) is 23.7 Å². The van der Waals surface area contributed by atoms with Crippen molar-refractivity contribution in [3.8, 4) is 0 Å². The van der Waals surface area contributed by atoms with Crippen molar-refractivity contribution in [3.05, 3.63) is 73.1 Å². The highest BCUT2D eigenvalue weighted by Gasteiger charge is 2.13. The maximum atomic E-state index is 12.9. The Labute approximate surface area is 158 Å². The van der Waals surface area contributed by atoms with Crippen molar-refractivity contribution in [1.29, 1.82) is 0 Å². The van der Waals surface area contributed by atoms with Gasteiger partial charge in [-0.2, -0.15) is 0 Å². The van der Waals surface area contributed by atoms with E-state index in [0.717, 1.165) is 25.5 Å². The Balaban J connectivity index is 1.56. The van der Waals surface area contributed by atoms with Crippen molar-refractivity contribution in [2.75, 3.05) is 7.05 Å². The van der Waals surface area contributed by atoms with Gasteiger partial charge in [-0.3, -0.25) is 4.79 Å². The Morgan fingerprint density at radius 3 is 2.68 bits per heavy atom. The average Bonchev–Trinajstić information content (AvgIpc) is 3.18. The lowest BCUT2D eigenvalue weighted by Crippen LogP contribution is -2.27. The molecule has 0 radical (unpaired) electrons. The zero-order valence-corrected chi connectivity index (χ0v) is 15.9. The van der Waals surface area contributed by atoms with E-state index < -0.39 is 0 Å². The van der Waals surface area contributed by atoms with Crippen molar-refractivity contribution < 1.29 is 9.18 Å². The molecule has 0 aliphatic rings. The number of amides is 1. The summed E-state index contributed by atoms with van der Waals surface area (Å²) in [7, 11) is 1.78. The number of nitrogens with zero attached hydrogens (tertiary/aromatic N) is 2. The fraction of sp³-hybridized carbons (Fsp3) is 0.222. The van der Waals surface area contributed by atoms with Crippen LogP contribution in [0.5, 0.6) is 0 Å². The first-order chi connectivity index (χ1) is 12.0. The van der Waals surface area contributed by atoms with Gasteiger partial charge in [0.2, 0.25) is 5.91 Å². The van der Waals surface area contributed by atoms with Gasteiger partial charge in [0.05, 0.1) is 28.0 Å². The van der Waals surface area contributed by atoms with Crippen molar-refractivity contribution in [1.82, 2.24) is 9.88 Å². The number of aromatic nitrogens is 1. The lowest BCUT2D eigenvalue weighted by Gasteiger charge is -2.15. The zero-order valence-electron chi connectivity index (χ0n) is 13.5. The second-order valence-corrected chi connectivity index (χ2v) is 8.41. The van der Waals surface area contributed by atoms with E-state index in [-0.39, 0.29) is 18.1 Å². The molecule has 1 amide bonds. The molecule has 2 heterocycles. The number of rotatable bonds is 6. The summed E-state index contributed by atoms with van der Waals surface area (Å²) >= 11 is 8.91. The molecular formula is C18H16ClFN2OS2. The summed E-state index contributed by atoms with van der Waals surface area (Å²) < 4.78 is 13.7. The van der Waals surface area contributed by atoms with Gasteiger partial charge in [-0.05, 0) is 29.8 Å². The first-order valence-electron chi connectivity index (χ1n) is 7.65. The molecule has 0 saturated heterocycles. The molecule has 7 heteroatoms. The number of carbonyl (C=O) groups excluding carboxylic acids is 1. The fourth-order valence-electron chi connectivity index (χ4n) is 2.34. The smallest absolute Gasteiger partial charge is 0.228 e. The molecule has 0 unspecified atom stereocenters. The van der Waals surface area contributed by atoms with Crippen molar-refractivity contribution in [2.24, 2.45) is 0 Å². The molecular weight excluding hydrogens is 379 g/mol. The van der Waals surface area contributed by atoms with Gasteiger partial charge in [0.1, 0.15) is 5.82 Å². The van der Waals surface area contributed by atoms with Crippen molar-refractivity contribution >= 4 is 40.2 Å². The number of likely N-dealkylation sites (N-methyl/N-ethyl adjacent to an activating group) is 1. The normalized spacial score (nSPS) is 10.8. The van der Waals surface area contributed by atoms with Gasteiger partial charge in [0.25, 0.3) is 0 Å². The minimum Gasteiger partial charge on any atom is -0.340 e. The van der Waals surface area contributed by atoms with Crippen molar-refractivity contribution in [2.45, 2.75) is 19.4 Å². The van der Waals surface area contributed by atoms with Crippen LogP contribution >= 0.6 is 34.3 Å². The van der Waals surface area contributed by atoms with E-state index in [2.05, 4.69) is 4.98 Å². The number of hydrogen-bond acceptors (Lipinski definition) is 4. The number of hydrogen-bond donors (Lipinski definition) is 0. The van der Waals surface area contributed by atoms with Crippen LogP contribution in [0.3, 0.4) is 0 Å². The molecule has 0 N–H and O–H groups in total. The zero-order chi connectivity index (χ0) is 17.8. The summed E-state index contributed by atoms with van der Waals surface area (Å²) in [6.07, 6.45) is 0.915. The van der Waals surface area contributed by atoms with E-state index in [1.54, 1.807) is 24.1 Å². The van der Waals surface area contributed by atoms with Crippen LogP contribution in [-0.2, 0) is 24.2 Å². The number of benzene rings is 1. The Kier molecular flexibility index (Phi) is 5.83. The third-order valence-corrected chi connectivity index (χ3v) is 5.76. The molecule has 0 spiro atoms. The van der Waals surface area contributed by atoms with Gasteiger partial charge >= 0.3 is 0 Å². The number of halogens is 2. The van der Waals surface area contributed by atoms with Crippen LogP contribution in [0.1, 0.15) is 21.1 Å². The minimum atomic E-state index is -0.246. The minimum absolute atomic E-state index is 0.0168. The molecule has 3 aromatic rings. The maximum absolute atomic E-state index is 12.9.